The van der Waals surface area contributed by atoms with Crippen LogP contribution < -0.4 is 0 Å². The fourth-order valence-electron chi connectivity index (χ4n) is 3.72. The van der Waals surface area contributed by atoms with E-state index in [0.29, 0.717) is 12.3 Å². The first-order valence-electron chi connectivity index (χ1n) is 10.3. The minimum atomic E-state index is 0.135. The Hall–Kier alpha value is -1.86. The Morgan fingerprint density at radius 3 is 2.21 bits per heavy atom. The molecule has 2 rings (SSSR count). The number of rotatable bonds is 10. The minimum absolute atomic E-state index is 0.135. The summed E-state index contributed by atoms with van der Waals surface area (Å²) in [5, 5.41) is 9.78. The monoisotopic (exact) mass is 417 g/mol. The van der Waals surface area contributed by atoms with Gasteiger partial charge < -0.3 is 9.47 Å². The van der Waals surface area contributed by atoms with Crippen LogP contribution in [0.15, 0.2) is 35.5 Å². The highest BCUT2D eigenvalue weighted by atomic mass is 32.2. The summed E-state index contributed by atoms with van der Waals surface area (Å²) in [7, 11) is 4.13. The Morgan fingerprint density at radius 2 is 1.69 bits per heavy atom. The largest absolute Gasteiger partial charge is 0.337 e. The maximum Gasteiger partial charge on any atom is 0.233 e. The van der Waals surface area contributed by atoms with Gasteiger partial charge in [0.1, 0.15) is 0 Å². The van der Waals surface area contributed by atoms with Crippen LogP contribution in [0.25, 0.3) is 0 Å². The molecule has 1 atom stereocenters. The lowest BCUT2D eigenvalue weighted by Gasteiger charge is -2.30. The average molecular weight is 418 g/mol. The van der Waals surface area contributed by atoms with Crippen LogP contribution in [0.4, 0.5) is 0 Å². The van der Waals surface area contributed by atoms with Gasteiger partial charge in [0.15, 0.2) is 11.0 Å². The number of carbonyl (C=O) groups excluding carboxylic acids is 1. The van der Waals surface area contributed by atoms with Gasteiger partial charge >= 0.3 is 0 Å². The Kier molecular flexibility index (Phi) is 8.71. The van der Waals surface area contributed by atoms with E-state index in [1.165, 1.54) is 17.3 Å². The van der Waals surface area contributed by atoms with Crippen molar-refractivity contribution in [2.75, 3.05) is 19.8 Å². The molecule has 160 valence electrons. The molecule has 1 aromatic heterocycles. The van der Waals surface area contributed by atoms with E-state index in [0.717, 1.165) is 17.4 Å². The van der Waals surface area contributed by atoms with E-state index >= 15 is 0 Å². The molecule has 1 heterocycles. The molecule has 0 aliphatic heterocycles. The fourth-order valence-corrected chi connectivity index (χ4v) is 4.53. The summed E-state index contributed by atoms with van der Waals surface area (Å²) in [6, 6.07) is 10.9. The summed E-state index contributed by atoms with van der Waals surface area (Å²) in [5.41, 5.74) is 1.20. The molecule has 1 aromatic carbocycles. The molecule has 1 unspecified atom stereocenters. The number of nitrogens with zero attached hydrogens (tertiary/aromatic N) is 5. The third kappa shape index (κ3) is 6.06. The van der Waals surface area contributed by atoms with Gasteiger partial charge in [0, 0.05) is 12.1 Å². The predicted molar refractivity (Wildman–Crippen MR) is 120 cm³/mol. The van der Waals surface area contributed by atoms with Crippen molar-refractivity contribution in [1.29, 1.82) is 0 Å². The van der Waals surface area contributed by atoms with Crippen LogP contribution in [0, 0.1) is 0 Å². The SMILES string of the molecule is CCC(c1nnc(SCC(=O)N(C(C)C)C(C)C)n1Cc1ccccc1)N(C)C. The summed E-state index contributed by atoms with van der Waals surface area (Å²) >= 11 is 1.48. The molecule has 1 amide bonds. The van der Waals surface area contributed by atoms with Crippen LogP contribution in [-0.4, -0.2) is 62.4 Å². The van der Waals surface area contributed by atoms with E-state index < -0.39 is 0 Å². The first-order valence-corrected chi connectivity index (χ1v) is 11.3. The van der Waals surface area contributed by atoms with Crippen LogP contribution in [0.2, 0.25) is 0 Å². The van der Waals surface area contributed by atoms with Gasteiger partial charge in [-0.05, 0) is 53.8 Å². The van der Waals surface area contributed by atoms with Gasteiger partial charge in [-0.15, -0.1) is 10.2 Å². The van der Waals surface area contributed by atoms with Gasteiger partial charge in [-0.1, -0.05) is 49.0 Å². The third-order valence-corrected chi connectivity index (χ3v) is 5.91. The zero-order valence-corrected chi connectivity index (χ0v) is 19.6. The fraction of sp³-hybridized carbons (Fsp3) is 0.591. The maximum absolute atomic E-state index is 12.8. The number of benzene rings is 1. The lowest BCUT2D eigenvalue weighted by atomic mass is 10.2. The van der Waals surface area contributed by atoms with Crippen LogP contribution >= 0.6 is 11.8 Å². The van der Waals surface area contributed by atoms with Gasteiger partial charge in [-0.3, -0.25) is 9.69 Å². The summed E-state index contributed by atoms with van der Waals surface area (Å²) in [6.07, 6.45) is 0.942. The Bertz CT molecular complexity index is 765. The Morgan fingerprint density at radius 1 is 1.07 bits per heavy atom. The quantitative estimate of drug-likeness (QED) is 0.545. The molecule has 0 aliphatic rings. The highest BCUT2D eigenvalue weighted by Crippen LogP contribution is 2.26. The first kappa shape index (κ1) is 23.4. The van der Waals surface area contributed by atoms with E-state index in [-0.39, 0.29) is 24.0 Å². The number of amides is 1. The van der Waals surface area contributed by atoms with E-state index in [9.17, 15) is 4.79 Å². The van der Waals surface area contributed by atoms with Crippen molar-refractivity contribution < 1.29 is 4.79 Å². The first-order chi connectivity index (χ1) is 13.8. The molecule has 6 nitrogen and oxygen atoms in total. The molecule has 0 N–H and O–H groups in total. The van der Waals surface area contributed by atoms with Crippen molar-refractivity contribution in [3.8, 4) is 0 Å². The van der Waals surface area contributed by atoms with Gasteiger partial charge in [0.2, 0.25) is 5.91 Å². The molecule has 0 saturated carbocycles. The summed E-state index contributed by atoms with van der Waals surface area (Å²) in [5.74, 6) is 1.44. The van der Waals surface area contributed by atoms with E-state index in [2.05, 4.69) is 80.5 Å². The lowest BCUT2D eigenvalue weighted by molar-refractivity contribution is -0.131. The molecule has 0 radical (unpaired) electrons. The van der Waals surface area contributed by atoms with E-state index in [1.54, 1.807) is 0 Å². The number of thioether (sulfide) groups is 1. The second kappa shape index (κ2) is 10.8. The molecule has 0 aliphatic carbocycles. The highest BCUT2D eigenvalue weighted by molar-refractivity contribution is 7.99. The molecule has 2 aromatic rings. The molecular weight excluding hydrogens is 382 g/mol. The molecule has 0 spiro atoms. The average Bonchev–Trinajstić information content (AvgIpc) is 3.03. The summed E-state index contributed by atoms with van der Waals surface area (Å²) in [4.78, 5) is 16.9. The molecule has 0 bridgehead atoms. The second-order valence-corrected chi connectivity index (χ2v) is 9.02. The van der Waals surface area contributed by atoms with E-state index in [4.69, 9.17) is 0 Å². The van der Waals surface area contributed by atoms with Crippen LogP contribution in [0.1, 0.15) is 58.5 Å². The van der Waals surface area contributed by atoms with Crippen LogP contribution in [-0.2, 0) is 11.3 Å². The number of carbonyl (C=O) groups is 1. The number of aromatic nitrogens is 3. The van der Waals surface area contributed by atoms with E-state index in [1.807, 2.05) is 23.1 Å². The Labute approximate surface area is 179 Å². The lowest BCUT2D eigenvalue weighted by Crippen LogP contribution is -2.43. The van der Waals surface area contributed by atoms with Gasteiger partial charge in [0.25, 0.3) is 0 Å². The van der Waals surface area contributed by atoms with Crippen molar-refractivity contribution in [2.24, 2.45) is 0 Å². The molecule has 29 heavy (non-hydrogen) atoms. The van der Waals surface area contributed by atoms with Crippen molar-refractivity contribution in [3.05, 3.63) is 41.7 Å². The summed E-state index contributed by atoms with van der Waals surface area (Å²) in [6.45, 7) is 11.1. The maximum atomic E-state index is 12.8. The second-order valence-electron chi connectivity index (χ2n) is 8.08. The van der Waals surface area contributed by atoms with Gasteiger partial charge in [-0.2, -0.15) is 0 Å². The minimum Gasteiger partial charge on any atom is -0.337 e. The standard InChI is InChI=1S/C22H35N5OS/c1-8-19(25(6)7)21-23-24-22(26(21)14-18-12-10-9-11-13-18)29-15-20(28)27(16(2)3)17(4)5/h9-13,16-17,19H,8,14-15H2,1-7H3. The predicted octanol–water partition coefficient (Wildman–Crippen LogP) is 4.08. The molecule has 7 heteroatoms. The number of hydrogen-bond donors (Lipinski definition) is 0. The third-order valence-electron chi connectivity index (χ3n) is 4.96. The smallest absolute Gasteiger partial charge is 0.233 e. The highest BCUT2D eigenvalue weighted by Gasteiger charge is 2.24. The van der Waals surface area contributed by atoms with Gasteiger partial charge in [0.05, 0.1) is 18.3 Å². The van der Waals surface area contributed by atoms with Crippen LogP contribution in [0.3, 0.4) is 0 Å². The Balaban J connectivity index is 2.29. The zero-order valence-electron chi connectivity index (χ0n) is 18.8. The van der Waals surface area contributed by atoms with Crippen LogP contribution in [0.5, 0.6) is 0 Å². The molecule has 0 fully saturated rings. The molecular formula is C22H35N5OS. The molecule has 0 saturated heterocycles. The summed E-state index contributed by atoms with van der Waals surface area (Å²) < 4.78 is 2.16. The van der Waals surface area contributed by atoms with Crippen molar-refractivity contribution in [3.63, 3.8) is 0 Å². The van der Waals surface area contributed by atoms with Crippen molar-refractivity contribution >= 4 is 17.7 Å². The zero-order chi connectivity index (χ0) is 21.6. The number of hydrogen-bond acceptors (Lipinski definition) is 5. The van der Waals surface area contributed by atoms with Gasteiger partial charge in [-0.25, -0.2) is 0 Å². The normalized spacial score (nSPS) is 12.8. The topological polar surface area (TPSA) is 54.3 Å². The van der Waals surface area contributed by atoms with Crippen molar-refractivity contribution in [2.45, 2.75) is 70.9 Å². The van der Waals surface area contributed by atoms with Crippen molar-refractivity contribution in [1.82, 2.24) is 24.6 Å².